The molecule has 2 aliphatic carbocycles. The van der Waals surface area contributed by atoms with Crippen LogP contribution >= 0.6 is 11.6 Å². The normalized spacial score (nSPS) is 33.6. The predicted octanol–water partition coefficient (Wildman–Crippen LogP) is 5.00. The number of hydrogen-bond donors (Lipinski definition) is 2. The summed E-state index contributed by atoms with van der Waals surface area (Å²) in [7, 11) is -4.21. The van der Waals surface area contributed by atoms with Gasteiger partial charge in [0.1, 0.15) is 5.75 Å². The molecular weight excluding hydrogens is 626 g/mol. The lowest BCUT2D eigenvalue weighted by molar-refractivity contribution is 0.0455. The lowest BCUT2D eigenvalue weighted by Crippen LogP contribution is -2.50. The third-order valence-corrected chi connectivity index (χ3v) is 12.7. The lowest BCUT2D eigenvalue weighted by atomic mass is 9.68. The third-order valence-electron chi connectivity index (χ3n) is 10.9. The minimum atomic E-state index is -4.21. The van der Waals surface area contributed by atoms with Crippen LogP contribution in [0, 0.1) is 11.8 Å². The zero-order valence-corrected chi connectivity index (χ0v) is 27.9. The molecule has 2 bridgehead atoms. The second-order valence-corrected chi connectivity index (χ2v) is 16.0. The van der Waals surface area contributed by atoms with Gasteiger partial charge in [-0.25, -0.2) is 4.72 Å². The first-order valence-electron chi connectivity index (χ1n) is 16.7. The van der Waals surface area contributed by atoms with Gasteiger partial charge in [-0.1, -0.05) is 29.8 Å². The van der Waals surface area contributed by atoms with Gasteiger partial charge in [0.15, 0.2) is 0 Å². The van der Waals surface area contributed by atoms with E-state index in [-0.39, 0.29) is 35.5 Å². The molecule has 2 aromatic carbocycles. The van der Waals surface area contributed by atoms with Gasteiger partial charge in [-0.15, -0.1) is 0 Å². The van der Waals surface area contributed by atoms with Crippen molar-refractivity contribution in [3.63, 3.8) is 0 Å². The SMILES string of the molecule is C[C@H]1C/C=C/C(O)[C@@H]2CC[C@H]2CN2C[C@@]3(CCCc4cc(Cl)ccc43)COc3ccc(cc32)C(=O)NS(=O)(=O)N1C[C@H]1CCCO1. The summed E-state index contributed by atoms with van der Waals surface area (Å²) in [5, 5.41) is 12.0. The molecule has 5 aliphatic rings. The van der Waals surface area contributed by atoms with Crippen LogP contribution in [-0.2, 0) is 26.8 Å². The van der Waals surface area contributed by atoms with E-state index in [1.807, 2.05) is 25.1 Å². The van der Waals surface area contributed by atoms with Gasteiger partial charge in [0, 0.05) is 48.3 Å². The third kappa shape index (κ3) is 6.19. The van der Waals surface area contributed by atoms with E-state index in [4.69, 9.17) is 21.1 Å². The maximum Gasteiger partial charge on any atom is 0.304 e. The largest absolute Gasteiger partial charge is 0.490 e. The Hall–Kier alpha value is -2.63. The van der Waals surface area contributed by atoms with E-state index >= 15 is 0 Å². The van der Waals surface area contributed by atoms with E-state index in [1.165, 1.54) is 15.4 Å². The highest BCUT2D eigenvalue weighted by Crippen LogP contribution is 2.46. The minimum absolute atomic E-state index is 0.0960. The number of carbonyl (C=O) groups is 1. The number of fused-ring (bicyclic) bond motifs is 4. The molecule has 2 N–H and O–H groups in total. The van der Waals surface area contributed by atoms with Crippen molar-refractivity contribution in [3.8, 4) is 5.75 Å². The van der Waals surface area contributed by atoms with Gasteiger partial charge in [-0.05, 0) is 112 Å². The van der Waals surface area contributed by atoms with Crippen molar-refractivity contribution in [1.82, 2.24) is 9.03 Å². The summed E-state index contributed by atoms with van der Waals surface area (Å²) in [6.45, 7) is 4.45. The maximum absolute atomic E-state index is 13.8. The van der Waals surface area contributed by atoms with E-state index in [0.29, 0.717) is 38.5 Å². The molecule has 3 heterocycles. The van der Waals surface area contributed by atoms with Crippen molar-refractivity contribution < 1.29 is 27.8 Å². The first-order chi connectivity index (χ1) is 22.1. The number of halogens is 1. The number of hydrogen-bond acceptors (Lipinski definition) is 7. The Balaban J connectivity index is 1.27. The maximum atomic E-state index is 13.8. The van der Waals surface area contributed by atoms with E-state index in [9.17, 15) is 18.3 Å². The Labute approximate surface area is 277 Å². The average molecular weight is 670 g/mol. The van der Waals surface area contributed by atoms with Crippen molar-refractivity contribution in [2.45, 2.75) is 82.0 Å². The van der Waals surface area contributed by atoms with E-state index in [0.717, 1.165) is 55.7 Å². The molecule has 248 valence electrons. The van der Waals surface area contributed by atoms with E-state index < -0.39 is 28.3 Å². The highest BCUT2D eigenvalue weighted by molar-refractivity contribution is 7.87. The summed E-state index contributed by atoms with van der Waals surface area (Å²) in [5.74, 6) is 0.348. The van der Waals surface area contributed by atoms with Crippen molar-refractivity contribution in [1.29, 1.82) is 0 Å². The van der Waals surface area contributed by atoms with Crippen LogP contribution in [-0.4, -0.2) is 74.8 Å². The van der Waals surface area contributed by atoms with E-state index in [1.54, 1.807) is 18.2 Å². The van der Waals surface area contributed by atoms with E-state index in [2.05, 4.69) is 21.8 Å². The molecule has 0 aromatic heterocycles. The molecule has 46 heavy (non-hydrogen) atoms. The molecule has 7 rings (SSSR count). The van der Waals surface area contributed by atoms with Crippen LogP contribution in [0.15, 0.2) is 48.6 Å². The van der Waals surface area contributed by atoms with Crippen LogP contribution < -0.4 is 14.4 Å². The summed E-state index contributed by atoms with van der Waals surface area (Å²) in [6.07, 6.45) is 9.79. The monoisotopic (exact) mass is 669 g/mol. The average Bonchev–Trinajstić information content (AvgIpc) is 3.47. The zero-order valence-electron chi connectivity index (χ0n) is 26.4. The number of benzene rings is 2. The smallest absolute Gasteiger partial charge is 0.304 e. The quantitative estimate of drug-likeness (QED) is 0.433. The molecule has 1 saturated carbocycles. The Morgan fingerprint density at radius 1 is 1.13 bits per heavy atom. The summed E-state index contributed by atoms with van der Waals surface area (Å²) in [5.41, 5.74) is 3.25. The first-order valence-corrected chi connectivity index (χ1v) is 18.5. The topological polar surface area (TPSA) is 108 Å². The fourth-order valence-corrected chi connectivity index (χ4v) is 9.81. The van der Waals surface area contributed by atoms with Crippen LogP contribution in [0.4, 0.5) is 5.69 Å². The Kier molecular flexibility index (Phi) is 8.86. The molecule has 1 amide bonds. The van der Waals surface area contributed by atoms with Crippen LogP contribution in [0.25, 0.3) is 0 Å². The van der Waals surface area contributed by atoms with Gasteiger partial charge in [-0.2, -0.15) is 12.7 Å². The fourth-order valence-electron chi connectivity index (χ4n) is 8.22. The number of nitrogens with one attached hydrogen (secondary N) is 1. The zero-order chi connectivity index (χ0) is 32.1. The number of carbonyl (C=O) groups excluding carboxylic acids is 1. The summed E-state index contributed by atoms with van der Waals surface area (Å²) >= 11 is 6.41. The van der Waals surface area contributed by atoms with Gasteiger partial charge >= 0.3 is 10.2 Å². The van der Waals surface area contributed by atoms with Crippen LogP contribution in [0.1, 0.15) is 73.4 Å². The van der Waals surface area contributed by atoms with Gasteiger partial charge in [-0.3, -0.25) is 4.79 Å². The number of aliphatic hydroxyl groups excluding tert-OH is 1. The highest BCUT2D eigenvalue weighted by atomic mass is 35.5. The molecular formula is C35H44ClN3O6S. The number of amides is 1. The first kappa shape index (κ1) is 31.9. The number of rotatable bonds is 2. The number of nitrogens with zero attached hydrogens (tertiary/aromatic N) is 2. The summed E-state index contributed by atoms with van der Waals surface area (Å²) in [6, 6.07) is 10.9. The predicted molar refractivity (Wildman–Crippen MR) is 178 cm³/mol. The molecule has 2 fully saturated rings. The van der Waals surface area contributed by atoms with Crippen molar-refractivity contribution in [3.05, 3.63) is 70.3 Å². The number of ether oxygens (including phenoxy) is 2. The summed E-state index contributed by atoms with van der Waals surface area (Å²) < 4.78 is 43.6. The Bertz CT molecular complexity index is 1610. The van der Waals surface area contributed by atoms with Crippen molar-refractivity contribution in [2.75, 3.05) is 37.7 Å². The number of anilines is 1. The minimum Gasteiger partial charge on any atom is -0.490 e. The number of aryl methyl sites for hydroxylation is 1. The van der Waals surface area contributed by atoms with Gasteiger partial charge in [0.05, 0.1) is 24.5 Å². The Morgan fingerprint density at radius 2 is 2.00 bits per heavy atom. The number of aliphatic hydroxyl groups is 1. The molecule has 2 aromatic rings. The van der Waals surface area contributed by atoms with Gasteiger partial charge < -0.3 is 19.5 Å². The molecule has 1 spiro atoms. The molecule has 11 heteroatoms. The molecule has 1 unspecified atom stereocenters. The van der Waals surface area contributed by atoms with Crippen LogP contribution in [0.3, 0.4) is 0 Å². The second kappa shape index (κ2) is 12.8. The standard InChI is InChI=1S/C35H44ClN3O6S/c1-23-5-2-8-32(40)29-12-9-26(29)19-38-21-35(15-3-6-24-17-27(36)11-13-30(24)35)22-45-33-14-10-25(18-31(33)38)34(41)37-46(42,43)39(23)20-28-7-4-16-44-28/h2,8,10-11,13-14,17-18,23,26,28-29,32,40H,3-7,9,12,15-16,19-22H2,1H3,(H,37,41)/b8-2+/t23-,26-,28+,29+,32?,35-/m0/s1. The van der Waals surface area contributed by atoms with Crippen molar-refractivity contribution >= 4 is 33.4 Å². The molecule has 3 aliphatic heterocycles. The Morgan fingerprint density at radius 3 is 2.78 bits per heavy atom. The lowest BCUT2D eigenvalue weighted by Gasteiger charge is -2.45. The molecule has 1 saturated heterocycles. The fraction of sp³-hybridized carbons (Fsp3) is 0.571. The van der Waals surface area contributed by atoms with Gasteiger partial charge in [0.25, 0.3) is 5.91 Å². The molecule has 6 atom stereocenters. The molecule has 0 radical (unpaired) electrons. The van der Waals surface area contributed by atoms with Gasteiger partial charge in [0.2, 0.25) is 0 Å². The van der Waals surface area contributed by atoms with Crippen molar-refractivity contribution in [2.24, 2.45) is 11.8 Å². The summed E-state index contributed by atoms with van der Waals surface area (Å²) in [4.78, 5) is 16.0. The second-order valence-electron chi connectivity index (χ2n) is 13.9. The highest BCUT2D eigenvalue weighted by Gasteiger charge is 2.44. The molecule has 9 nitrogen and oxygen atoms in total. The van der Waals surface area contributed by atoms with Crippen LogP contribution in [0.2, 0.25) is 5.02 Å². The van der Waals surface area contributed by atoms with Crippen LogP contribution in [0.5, 0.6) is 5.75 Å².